The van der Waals surface area contributed by atoms with Gasteiger partial charge in [0.25, 0.3) is 0 Å². The molecule has 0 aliphatic carbocycles. The molecule has 5 heteroatoms. The van der Waals surface area contributed by atoms with Crippen LogP contribution in [0.15, 0.2) is 29.3 Å². The van der Waals surface area contributed by atoms with E-state index in [9.17, 15) is 0 Å². The van der Waals surface area contributed by atoms with Crippen molar-refractivity contribution in [1.29, 1.82) is 0 Å². The first-order valence-electron chi connectivity index (χ1n) is 8.80. The maximum Gasteiger partial charge on any atom is 0.191 e. The van der Waals surface area contributed by atoms with E-state index in [1.54, 1.807) is 0 Å². The topological polar surface area (TPSA) is 54.1 Å². The number of aliphatic imine (C=N–C) groups is 1. The minimum absolute atomic E-state index is 0.649. The molecule has 0 spiro atoms. The second kappa shape index (κ2) is 8.20. The quantitative estimate of drug-likeness (QED) is 0.686. The monoisotopic (exact) mass is 316 g/mol. The van der Waals surface area contributed by atoms with Crippen LogP contribution in [0, 0.1) is 0 Å². The van der Waals surface area contributed by atoms with Gasteiger partial charge in [0.2, 0.25) is 0 Å². The van der Waals surface area contributed by atoms with Crippen molar-refractivity contribution in [2.75, 3.05) is 44.3 Å². The molecule has 2 heterocycles. The number of ether oxygens (including phenoxy) is 1. The lowest BCUT2D eigenvalue weighted by molar-refractivity contribution is 0.122. The Balaban J connectivity index is 1.68. The van der Waals surface area contributed by atoms with Crippen molar-refractivity contribution < 1.29 is 4.74 Å². The molecule has 2 aliphatic rings. The van der Waals surface area contributed by atoms with Gasteiger partial charge in [-0.25, -0.2) is 4.99 Å². The highest BCUT2D eigenvalue weighted by molar-refractivity contribution is 5.78. The van der Waals surface area contributed by atoms with Crippen molar-refractivity contribution in [3.05, 3.63) is 29.8 Å². The highest BCUT2D eigenvalue weighted by Gasteiger charge is 2.15. The second-order valence-electron chi connectivity index (χ2n) is 6.30. The first-order chi connectivity index (χ1) is 11.3. The summed E-state index contributed by atoms with van der Waals surface area (Å²) >= 11 is 0. The number of guanidine groups is 1. The van der Waals surface area contributed by atoms with E-state index in [1.807, 2.05) is 0 Å². The van der Waals surface area contributed by atoms with Gasteiger partial charge in [0.05, 0.1) is 19.8 Å². The number of nitrogens with two attached hydrogens (primary N) is 1. The fraction of sp³-hybridized carbons (Fsp3) is 0.611. The number of para-hydroxylation sites is 1. The van der Waals surface area contributed by atoms with Gasteiger partial charge < -0.3 is 20.3 Å². The van der Waals surface area contributed by atoms with Gasteiger partial charge in [-0.05, 0) is 24.5 Å². The summed E-state index contributed by atoms with van der Waals surface area (Å²) in [5.41, 5.74) is 8.75. The maximum absolute atomic E-state index is 6.24. The van der Waals surface area contributed by atoms with Crippen LogP contribution in [-0.4, -0.2) is 50.3 Å². The zero-order valence-electron chi connectivity index (χ0n) is 13.9. The van der Waals surface area contributed by atoms with Crippen LogP contribution in [0.3, 0.4) is 0 Å². The van der Waals surface area contributed by atoms with Crippen LogP contribution in [-0.2, 0) is 11.3 Å². The molecule has 23 heavy (non-hydrogen) atoms. The predicted molar refractivity (Wildman–Crippen MR) is 94.8 cm³/mol. The Labute approximate surface area is 139 Å². The number of hydrogen-bond donors (Lipinski definition) is 1. The summed E-state index contributed by atoms with van der Waals surface area (Å²) in [6.07, 6.45) is 5.06. The molecule has 0 radical (unpaired) electrons. The first-order valence-corrected chi connectivity index (χ1v) is 8.80. The molecular weight excluding hydrogens is 288 g/mol. The molecule has 0 unspecified atom stereocenters. The van der Waals surface area contributed by atoms with Gasteiger partial charge in [-0.1, -0.05) is 31.0 Å². The van der Waals surface area contributed by atoms with Crippen LogP contribution in [0.25, 0.3) is 0 Å². The van der Waals surface area contributed by atoms with E-state index in [1.165, 1.54) is 36.9 Å². The molecular formula is C18H28N4O. The van der Waals surface area contributed by atoms with Crippen LogP contribution in [0.2, 0.25) is 0 Å². The summed E-state index contributed by atoms with van der Waals surface area (Å²) in [4.78, 5) is 9.30. The average molecular weight is 316 g/mol. The van der Waals surface area contributed by atoms with Crippen LogP contribution in [0.4, 0.5) is 5.69 Å². The number of anilines is 1. The molecule has 0 saturated carbocycles. The van der Waals surface area contributed by atoms with E-state index in [4.69, 9.17) is 10.5 Å². The van der Waals surface area contributed by atoms with E-state index >= 15 is 0 Å². The van der Waals surface area contributed by atoms with Crippen LogP contribution >= 0.6 is 0 Å². The minimum Gasteiger partial charge on any atom is -0.378 e. The average Bonchev–Trinajstić information content (AvgIpc) is 2.90. The lowest BCUT2D eigenvalue weighted by atomic mass is 10.1. The number of morpholine rings is 1. The third-order valence-electron chi connectivity index (χ3n) is 4.68. The highest BCUT2D eigenvalue weighted by atomic mass is 16.5. The molecule has 126 valence electrons. The summed E-state index contributed by atoms with van der Waals surface area (Å²) in [7, 11) is 0. The summed E-state index contributed by atoms with van der Waals surface area (Å²) in [5.74, 6) is 0.698. The van der Waals surface area contributed by atoms with Crippen molar-refractivity contribution in [2.45, 2.75) is 32.2 Å². The van der Waals surface area contributed by atoms with Gasteiger partial charge in [0.1, 0.15) is 0 Å². The Bertz CT molecular complexity index is 518. The van der Waals surface area contributed by atoms with Crippen molar-refractivity contribution in [3.8, 4) is 0 Å². The van der Waals surface area contributed by atoms with Gasteiger partial charge in [-0.15, -0.1) is 0 Å². The number of benzene rings is 1. The van der Waals surface area contributed by atoms with Gasteiger partial charge in [-0.2, -0.15) is 0 Å². The molecule has 2 N–H and O–H groups in total. The molecule has 3 rings (SSSR count). The standard InChI is InChI=1S/C18H28N4O/c19-18(22-9-5-1-2-6-10-22)20-15-16-7-3-4-8-17(16)21-11-13-23-14-12-21/h3-4,7-8H,1-2,5-6,9-15H2,(H2,19,20). The van der Waals surface area contributed by atoms with Crippen molar-refractivity contribution in [1.82, 2.24) is 4.90 Å². The van der Waals surface area contributed by atoms with Gasteiger partial charge in [0, 0.05) is 31.9 Å². The Hall–Kier alpha value is -1.75. The summed E-state index contributed by atoms with van der Waals surface area (Å²) < 4.78 is 5.45. The molecule has 5 nitrogen and oxygen atoms in total. The van der Waals surface area contributed by atoms with Crippen molar-refractivity contribution >= 4 is 11.6 Å². The number of hydrogen-bond acceptors (Lipinski definition) is 3. The Kier molecular flexibility index (Phi) is 5.75. The fourth-order valence-electron chi connectivity index (χ4n) is 3.32. The number of nitrogens with zero attached hydrogens (tertiary/aromatic N) is 3. The largest absolute Gasteiger partial charge is 0.378 e. The Morgan fingerprint density at radius 2 is 1.70 bits per heavy atom. The SMILES string of the molecule is NC(=NCc1ccccc1N1CCOCC1)N1CCCCCC1. The molecule has 1 aromatic rings. The molecule has 2 saturated heterocycles. The van der Waals surface area contributed by atoms with Crippen molar-refractivity contribution in [2.24, 2.45) is 10.7 Å². The summed E-state index contributed by atoms with van der Waals surface area (Å²) in [6, 6.07) is 8.51. The third kappa shape index (κ3) is 4.38. The normalized spacial score (nSPS) is 20.4. The fourth-order valence-corrected chi connectivity index (χ4v) is 3.32. The smallest absolute Gasteiger partial charge is 0.191 e. The van der Waals surface area contributed by atoms with Gasteiger partial charge in [0.15, 0.2) is 5.96 Å². The van der Waals surface area contributed by atoms with Gasteiger partial charge in [-0.3, -0.25) is 0 Å². The second-order valence-corrected chi connectivity index (χ2v) is 6.30. The molecule has 2 aliphatic heterocycles. The Morgan fingerprint density at radius 1 is 1.00 bits per heavy atom. The Morgan fingerprint density at radius 3 is 2.43 bits per heavy atom. The maximum atomic E-state index is 6.24. The third-order valence-corrected chi connectivity index (χ3v) is 4.68. The van der Waals surface area contributed by atoms with Crippen LogP contribution < -0.4 is 10.6 Å². The number of rotatable bonds is 3. The van der Waals surface area contributed by atoms with Crippen LogP contribution in [0.1, 0.15) is 31.2 Å². The van der Waals surface area contributed by atoms with E-state index in [0.717, 1.165) is 39.4 Å². The van der Waals surface area contributed by atoms with E-state index in [2.05, 4.69) is 39.1 Å². The van der Waals surface area contributed by atoms with E-state index < -0.39 is 0 Å². The van der Waals surface area contributed by atoms with Crippen molar-refractivity contribution in [3.63, 3.8) is 0 Å². The molecule has 1 aromatic carbocycles. The zero-order chi connectivity index (χ0) is 15.9. The lowest BCUT2D eigenvalue weighted by Gasteiger charge is -2.30. The number of likely N-dealkylation sites (tertiary alicyclic amines) is 1. The minimum atomic E-state index is 0.649. The summed E-state index contributed by atoms with van der Waals surface area (Å²) in [5, 5.41) is 0. The molecule has 0 aromatic heterocycles. The highest BCUT2D eigenvalue weighted by Crippen LogP contribution is 2.22. The summed E-state index contributed by atoms with van der Waals surface area (Å²) in [6.45, 7) is 6.22. The van der Waals surface area contributed by atoms with Crippen LogP contribution in [0.5, 0.6) is 0 Å². The first kappa shape index (κ1) is 16.1. The zero-order valence-corrected chi connectivity index (χ0v) is 13.9. The molecule has 0 bridgehead atoms. The van der Waals surface area contributed by atoms with Gasteiger partial charge >= 0.3 is 0 Å². The predicted octanol–water partition coefficient (Wildman–Crippen LogP) is 2.21. The molecule has 0 amide bonds. The lowest BCUT2D eigenvalue weighted by Crippen LogP contribution is -2.38. The molecule has 0 atom stereocenters. The molecule has 2 fully saturated rings. The van der Waals surface area contributed by atoms with E-state index in [0.29, 0.717) is 12.5 Å². The van der Waals surface area contributed by atoms with E-state index in [-0.39, 0.29) is 0 Å².